The van der Waals surface area contributed by atoms with Crippen LogP contribution in [0.4, 0.5) is 0 Å². The lowest BCUT2D eigenvalue weighted by Crippen LogP contribution is -2.08. The van der Waals surface area contributed by atoms with E-state index in [2.05, 4.69) is 41.2 Å². The van der Waals surface area contributed by atoms with Crippen LogP contribution in [0.25, 0.3) is 0 Å². The molecule has 1 aromatic rings. The molecule has 0 spiro atoms. The molecule has 0 aliphatic rings. The van der Waals surface area contributed by atoms with Crippen LogP contribution in [0.5, 0.6) is 0 Å². The minimum Gasteiger partial charge on any atom is -0.323 e. The van der Waals surface area contributed by atoms with E-state index in [1.165, 1.54) is 17.7 Å². The molecule has 1 atom stereocenters. The summed E-state index contributed by atoms with van der Waals surface area (Å²) in [6.45, 7) is 4.51. The van der Waals surface area contributed by atoms with E-state index in [1.807, 2.05) is 0 Å². The van der Waals surface area contributed by atoms with E-state index in [9.17, 15) is 0 Å². The molecule has 0 saturated carbocycles. The van der Waals surface area contributed by atoms with Gasteiger partial charge in [-0.25, -0.2) is 0 Å². The van der Waals surface area contributed by atoms with Crippen molar-refractivity contribution in [3.05, 3.63) is 20.8 Å². The molecule has 1 rings (SSSR count). The molecule has 14 heavy (non-hydrogen) atoms. The number of hydrogen-bond donors (Lipinski definition) is 1. The number of nitrogens with two attached hydrogens (primary N) is 1. The van der Waals surface area contributed by atoms with E-state index in [0.29, 0.717) is 0 Å². The summed E-state index contributed by atoms with van der Waals surface area (Å²) in [5.41, 5.74) is 6.08. The van der Waals surface area contributed by atoms with Gasteiger partial charge >= 0.3 is 0 Å². The highest BCUT2D eigenvalue weighted by atomic mass is 79.9. The second kappa shape index (κ2) is 5.89. The Labute approximate surface area is 98.8 Å². The second-order valence-corrected chi connectivity index (χ2v) is 5.96. The zero-order chi connectivity index (χ0) is 10.6. The first-order valence-corrected chi connectivity index (χ1v) is 6.76. The molecule has 0 amide bonds. The molecule has 1 heterocycles. The molecule has 1 aromatic heterocycles. The molecule has 0 aliphatic carbocycles. The van der Waals surface area contributed by atoms with Crippen molar-refractivity contribution in [2.24, 2.45) is 11.7 Å². The molecular weight excluding hydrogens is 258 g/mol. The lowest BCUT2D eigenvalue weighted by atomic mass is 10.0. The molecular formula is C11H18BrNS. The molecule has 0 aliphatic heterocycles. The minimum atomic E-state index is 0.227. The highest BCUT2D eigenvalue weighted by Crippen LogP contribution is 2.27. The Kier molecular flexibility index (Phi) is 5.13. The van der Waals surface area contributed by atoms with Crippen molar-refractivity contribution >= 4 is 27.3 Å². The maximum atomic E-state index is 6.08. The normalized spacial score (nSPS) is 13.5. The molecule has 1 unspecified atom stereocenters. The standard InChI is InChI=1S/C11H18BrNS/c1-8(2)4-3-5-10(13)11-6-9(12)7-14-11/h6-8,10H,3-5,13H2,1-2H3. The van der Waals surface area contributed by atoms with Gasteiger partial charge in [0, 0.05) is 20.8 Å². The minimum absolute atomic E-state index is 0.227. The SMILES string of the molecule is CC(C)CCCC(N)c1cc(Br)cs1. The molecule has 80 valence electrons. The zero-order valence-electron chi connectivity index (χ0n) is 8.79. The molecule has 3 heteroatoms. The molecule has 2 N–H and O–H groups in total. The predicted molar refractivity (Wildman–Crippen MR) is 67.6 cm³/mol. The van der Waals surface area contributed by atoms with E-state index in [-0.39, 0.29) is 6.04 Å². The molecule has 0 bridgehead atoms. The van der Waals surface area contributed by atoms with E-state index < -0.39 is 0 Å². The third-order valence-corrected chi connectivity index (χ3v) is 4.08. The van der Waals surface area contributed by atoms with Crippen molar-refractivity contribution < 1.29 is 0 Å². The third kappa shape index (κ3) is 4.11. The van der Waals surface area contributed by atoms with Crippen LogP contribution in [0.15, 0.2) is 15.9 Å². The van der Waals surface area contributed by atoms with Crippen LogP contribution in [0, 0.1) is 5.92 Å². The average molecular weight is 276 g/mol. The lowest BCUT2D eigenvalue weighted by molar-refractivity contribution is 0.508. The number of halogens is 1. The number of rotatable bonds is 5. The van der Waals surface area contributed by atoms with Gasteiger partial charge in [0.05, 0.1) is 0 Å². The molecule has 1 nitrogen and oxygen atoms in total. The van der Waals surface area contributed by atoms with Crippen LogP contribution < -0.4 is 5.73 Å². The van der Waals surface area contributed by atoms with Gasteiger partial charge in [0.15, 0.2) is 0 Å². The van der Waals surface area contributed by atoms with Gasteiger partial charge < -0.3 is 5.73 Å². The molecule has 0 fully saturated rings. The predicted octanol–water partition coefficient (Wildman–Crippen LogP) is 4.34. The first kappa shape index (κ1) is 12.2. The van der Waals surface area contributed by atoms with E-state index >= 15 is 0 Å². The summed E-state index contributed by atoms with van der Waals surface area (Å²) in [6, 6.07) is 2.36. The first-order valence-electron chi connectivity index (χ1n) is 5.09. The number of hydrogen-bond acceptors (Lipinski definition) is 2. The Morgan fingerprint density at radius 2 is 2.14 bits per heavy atom. The van der Waals surface area contributed by atoms with Crippen molar-refractivity contribution in [1.29, 1.82) is 0 Å². The van der Waals surface area contributed by atoms with Crippen molar-refractivity contribution in [2.75, 3.05) is 0 Å². The van der Waals surface area contributed by atoms with Gasteiger partial charge in [-0.3, -0.25) is 0 Å². The van der Waals surface area contributed by atoms with Crippen LogP contribution in [0.1, 0.15) is 44.0 Å². The lowest BCUT2D eigenvalue weighted by Gasteiger charge is -2.10. The van der Waals surface area contributed by atoms with Crippen molar-refractivity contribution in [1.82, 2.24) is 0 Å². The van der Waals surface area contributed by atoms with Crippen molar-refractivity contribution in [2.45, 2.75) is 39.2 Å². The van der Waals surface area contributed by atoms with E-state index in [4.69, 9.17) is 5.73 Å². The summed E-state index contributed by atoms with van der Waals surface area (Å²) in [7, 11) is 0. The Balaban J connectivity index is 2.32. The summed E-state index contributed by atoms with van der Waals surface area (Å²) in [5.74, 6) is 0.789. The fraction of sp³-hybridized carbons (Fsp3) is 0.636. The zero-order valence-corrected chi connectivity index (χ0v) is 11.2. The maximum Gasteiger partial charge on any atom is 0.0390 e. The smallest absolute Gasteiger partial charge is 0.0390 e. The largest absolute Gasteiger partial charge is 0.323 e. The fourth-order valence-electron chi connectivity index (χ4n) is 1.41. The molecule has 0 radical (unpaired) electrons. The monoisotopic (exact) mass is 275 g/mol. The van der Waals surface area contributed by atoms with Gasteiger partial charge in [-0.15, -0.1) is 11.3 Å². The highest BCUT2D eigenvalue weighted by Gasteiger charge is 2.08. The molecule has 0 saturated heterocycles. The van der Waals surface area contributed by atoms with E-state index in [1.54, 1.807) is 11.3 Å². The van der Waals surface area contributed by atoms with Crippen LogP contribution in [0.3, 0.4) is 0 Å². The second-order valence-electron chi connectivity index (χ2n) is 4.10. The number of thiophene rings is 1. The average Bonchev–Trinajstić information content (AvgIpc) is 2.51. The third-order valence-electron chi connectivity index (χ3n) is 2.25. The highest BCUT2D eigenvalue weighted by molar-refractivity contribution is 9.10. The Morgan fingerprint density at radius 3 is 2.64 bits per heavy atom. The maximum absolute atomic E-state index is 6.08. The summed E-state index contributed by atoms with van der Waals surface area (Å²) in [6.07, 6.45) is 3.61. The summed E-state index contributed by atoms with van der Waals surface area (Å²) in [4.78, 5) is 1.29. The van der Waals surface area contributed by atoms with E-state index in [0.717, 1.165) is 16.8 Å². The van der Waals surface area contributed by atoms with Crippen LogP contribution in [0.2, 0.25) is 0 Å². The quantitative estimate of drug-likeness (QED) is 0.850. The van der Waals surface area contributed by atoms with Crippen LogP contribution >= 0.6 is 27.3 Å². The van der Waals surface area contributed by atoms with Crippen LogP contribution in [-0.2, 0) is 0 Å². The van der Waals surface area contributed by atoms with Gasteiger partial charge in [0.25, 0.3) is 0 Å². The van der Waals surface area contributed by atoms with Gasteiger partial charge in [0.1, 0.15) is 0 Å². The Hall–Kier alpha value is 0.140. The van der Waals surface area contributed by atoms with Gasteiger partial charge in [-0.05, 0) is 34.3 Å². The summed E-state index contributed by atoms with van der Waals surface area (Å²) < 4.78 is 1.15. The fourth-order valence-corrected chi connectivity index (χ4v) is 2.89. The van der Waals surface area contributed by atoms with Gasteiger partial charge in [-0.1, -0.05) is 26.7 Å². The Bertz CT molecular complexity index is 270. The topological polar surface area (TPSA) is 26.0 Å². The molecule has 0 aromatic carbocycles. The van der Waals surface area contributed by atoms with Gasteiger partial charge in [0.2, 0.25) is 0 Å². The van der Waals surface area contributed by atoms with Crippen molar-refractivity contribution in [3.8, 4) is 0 Å². The van der Waals surface area contributed by atoms with Crippen molar-refractivity contribution in [3.63, 3.8) is 0 Å². The van der Waals surface area contributed by atoms with Gasteiger partial charge in [-0.2, -0.15) is 0 Å². The summed E-state index contributed by atoms with van der Waals surface area (Å²) in [5, 5.41) is 2.09. The first-order chi connectivity index (χ1) is 6.59. The summed E-state index contributed by atoms with van der Waals surface area (Å²) >= 11 is 5.19. The van der Waals surface area contributed by atoms with Crippen LogP contribution in [-0.4, -0.2) is 0 Å². The Morgan fingerprint density at radius 1 is 1.43 bits per heavy atom.